The molecule has 0 saturated heterocycles. The monoisotopic (exact) mass is 448 g/mol. The molecule has 0 aromatic carbocycles. The Hall–Kier alpha value is -1.74. The zero-order chi connectivity index (χ0) is 23.1. The van der Waals surface area contributed by atoms with Crippen molar-refractivity contribution in [2.24, 2.45) is 0 Å². The molecule has 0 aliphatic heterocycles. The van der Waals surface area contributed by atoms with Crippen LogP contribution in [0.2, 0.25) is 0 Å². The summed E-state index contributed by atoms with van der Waals surface area (Å²) in [6, 6.07) is 0. The normalized spacial score (nSPS) is 16.1. The Morgan fingerprint density at radius 3 is 1.43 bits per heavy atom. The van der Waals surface area contributed by atoms with Gasteiger partial charge in [-0.2, -0.15) is 57.1 Å². The van der Waals surface area contributed by atoms with E-state index in [1.54, 1.807) is 0 Å². The van der Waals surface area contributed by atoms with Gasteiger partial charge in [0.1, 0.15) is 0 Å². The van der Waals surface area contributed by atoms with Crippen LogP contribution in [0.3, 0.4) is 0 Å². The molecule has 0 amide bonds. The summed E-state index contributed by atoms with van der Waals surface area (Å²) in [5, 5.41) is 17.4. The molecule has 0 saturated carbocycles. The lowest BCUT2D eigenvalue weighted by molar-refractivity contribution is -0.440. The van der Waals surface area contributed by atoms with Crippen LogP contribution in [-0.2, 0) is 4.79 Å². The number of halogens is 13. The van der Waals surface area contributed by atoms with E-state index in [9.17, 15) is 61.9 Å². The Bertz CT molecular complexity index is 608. The Kier molecular flexibility index (Phi) is 6.81. The average molecular weight is 448 g/mol. The molecule has 0 aliphatic rings. The van der Waals surface area contributed by atoms with Crippen LogP contribution in [0.25, 0.3) is 0 Å². The molecule has 0 spiro atoms. The second kappa shape index (κ2) is 7.26. The molecule has 28 heavy (non-hydrogen) atoms. The third-order valence-electron chi connectivity index (χ3n) is 3.27. The highest BCUT2D eigenvalue weighted by Crippen LogP contribution is 2.60. The third-order valence-corrected chi connectivity index (χ3v) is 3.27. The summed E-state index contributed by atoms with van der Waals surface area (Å²) in [4.78, 5) is 10.3. The summed E-state index contributed by atoms with van der Waals surface area (Å²) in [5.74, 6) is -39.8. The third kappa shape index (κ3) is 4.15. The first-order valence-electron chi connectivity index (χ1n) is 6.52. The van der Waals surface area contributed by atoms with Crippen molar-refractivity contribution in [3.8, 4) is 0 Å². The van der Waals surface area contributed by atoms with Crippen LogP contribution in [0.15, 0.2) is 12.2 Å². The Balaban J connectivity index is 5.98. The van der Waals surface area contributed by atoms with E-state index in [1.165, 1.54) is 0 Å². The molecule has 0 heterocycles. The van der Waals surface area contributed by atoms with Crippen molar-refractivity contribution in [1.29, 1.82) is 0 Å². The van der Waals surface area contributed by atoms with E-state index in [4.69, 9.17) is 10.2 Å². The summed E-state index contributed by atoms with van der Waals surface area (Å²) in [6.45, 7) is 2.65. The molecule has 0 rings (SSSR count). The fourth-order valence-corrected chi connectivity index (χ4v) is 1.67. The van der Waals surface area contributed by atoms with Crippen LogP contribution in [-0.4, -0.2) is 58.1 Å². The number of carboxylic acid groups (broad SMARTS) is 1. The zero-order valence-corrected chi connectivity index (χ0v) is 12.9. The van der Waals surface area contributed by atoms with Crippen LogP contribution < -0.4 is 0 Å². The minimum Gasteiger partial charge on any atom is -0.478 e. The van der Waals surface area contributed by atoms with Crippen molar-refractivity contribution in [2.45, 2.75) is 54.7 Å². The molecule has 2 N–H and O–H groups in total. The van der Waals surface area contributed by atoms with Crippen LogP contribution >= 0.6 is 0 Å². The van der Waals surface area contributed by atoms with Crippen LogP contribution in [0, 0.1) is 0 Å². The van der Waals surface area contributed by atoms with Crippen molar-refractivity contribution in [1.82, 2.24) is 0 Å². The van der Waals surface area contributed by atoms with Crippen molar-refractivity contribution in [3.63, 3.8) is 0 Å². The molecule has 0 aromatic heterocycles. The Morgan fingerprint density at radius 2 is 1.11 bits per heavy atom. The first kappa shape index (κ1) is 26.3. The van der Waals surface area contributed by atoms with E-state index in [0.717, 1.165) is 0 Å². The predicted octanol–water partition coefficient (Wildman–Crippen LogP) is 4.51. The van der Waals surface area contributed by atoms with Gasteiger partial charge >= 0.3 is 41.8 Å². The number of aliphatic hydroxyl groups is 1. The SMILES string of the molecule is C=C(CC(O)CC(F)(F)C(F)(F)C(F)(F)C(F)(F)C(F)(F)C(F)(F)F)C(=O)O. The minimum absolute atomic E-state index is 1.12. The van der Waals surface area contributed by atoms with E-state index in [2.05, 4.69) is 6.58 Å². The standard InChI is InChI=1S/C12H9F13O3/c1-4(6(27)28)2-5(26)3-7(13,14)8(15,16)9(17,18)10(19,20)11(21,22)12(23,24)25/h5,26H,1-3H2,(H,27,28). The number of carboxylic acids is 1. The van der Waals surface area contributed by atoms with Crippen molar-refractivity contribution < 1.29 is 72.1 Å². The van der Waals surface area contributed by atoms with Gasteiger partial charge in [0.15, 0.2) is 0 Å². The first-order valence-corrected chi connectivity index (χ1v) is 6.52. The molecule has 0 fully saturated rings. The van der Waals surface area contributed by atoms with E-state index in [1.807, 2.05) is 0 Å². The van der Waals surface area contributed by atoms with Gasteiger partial charge in [-0.25, -0.2) is 4.79 Å². The number of alkyl halides is 13. The van der Waals surface area contributed by atoms with Gasteiger partial charge in [-0.1, -0.05) is 6.58 Å². The maximum absolute atomic E-state index is 13.4. The smallest absolute Gasteiger partial charge is 0.460 e. The highest BCUT2D eigenvalue weighted by atomic mass is 19.4. The predicted molar refractivity (Wildman–Crippen MR) is 62.8 cm³/mol. The van der Waals surface area contributed by atoms with Gasteiger partial charge < -0.3 is 10.2 Å². The van der Waals surface area contributed by atoms with Crippen LogP contribution in [0.5, 0.6) is 0 Å². The topological polar surface area (TPSA) is 57.5 Å². The summed E-state index contributed by atoms with van der Waals surface area (Å²) in [7, 11) is 0. The maximum atomic E-state index is 13.4. The first-order chi connectivity index (χ1) is 12.0. The quantitative estimate of drug-likeness (QED) is 0.404. The number of aliphatic hydroxyl groups excluding tert-OH is 1. The number of carbonyl (C=O) groups is 1. The van der Waals surface area contributed by atoms with E-state index in [-0.39, 0.29) is 0 Å². The van der Waals surface area contributed by atoms with Gasteiger partial charge in [0, 0.05) is 18.4 Å². The highest BCUT2D eigenvalue weighted by Gasteiger charge is 2.90. The van der Waals surface area contributed by atoms with E-state index < -0.39 is 66.3 Å². The number of hydrogen-bond acceptors (Lipinski definition) is 2. The Morgan fingerprint density at radius 1 is 0.750 bits per heavy atom. The largest absolute Gasteiger partial charge is 0.478 e. The summed E-state index contributed by atoms with van der Waals surface area (Å²) in [6.07, 6.45) is -14.8. The molecular weight excluding hydrogens is 439 g/mol. The summed E-state index contributed by atoms with van der Waals surface area (Å²) < 4.78 is 167. The van der Waals surface area contributed by atoms with Gasteiger partial charge in [0.25, 0.3) is 0 Å². The molecule has 0 bridgehead atoms. The lowest BCUT2D eigenvalue weighted by atomic mass is 9.90. The summed E-state index contributed by atoms with van der Waals surface area (Å²) >= 11 is 0. The molecular formula is C12H9F13O3. The van der Waals surface area contributed by atoms with Crippen LogP contribution in [0.4, 0.5) is 57.1 Å². The fraction of sp³-hybridized carbons (Fsp3) is 0.750. The molecule has 3 nitrogen and oxygen atoms in total. The number of aliphatic carboxylic acids is 1. The van der Waals surface area contributed by atoms with Gasteiger partial charge in [-0.05, 0) is 0 Å². The van der Waals surface area contributed by atoms with Crippen molar-refractivity contribution >= 4 is 5.97 Å². The average Bonchev–Trinajstić information content (AvgIpc) is 2.44. The Labute approximate surface area is 146 Å². The molecule has 1 atom stereocenters. The number of rotatable bonds is 9. The molecule has 0 aliphatic carbocycles. The second-order valence-corrected chi connectivity index (χ2v) is 5.47. The second-order valence-electron chi connectivity index (χ2n) is 5.47. The van der Waals surface area contributed by atoms with Crippen molar-refractivity contribution in [2.75, 3.05) is 0 Å². The number of hydrogen-bond donors (Lipinski definition) is 2. The highest BCUT2D eigenvalue weighted by molar-refractivity contribution is 5.85. The molecule has 16 heteroatoms. The molecule has 0 aromatic rings. The summed E-state index contributed by atoms with van der Waals surface area (Å²) in [5.41, 5.74) is -1.12. The van der Waals surface area contributed by atoms with Gasteiger partial charge in [0.2, 0.25) is 0 Å². The molecule has 1 unspecified atom stereocenters. The minimum atomic E-state index is -8.03. The lowest BCUT2D eigenvalue weighted by Gasteiger charge is -2.40. The van der Waals surface area contributed by atoms with Crippen molar-refractivity contribution in [3.05, 3.63) is 12.2 Å². The van der Waals surface area contributed by atoms with E-state index >= 15 is 0 Å². The fourth-order valence-electron chi connectivity index (χ4n) is 1.67. The van der Waals surface area contributed by atoms with Gasteiger partial charge in [0.05, 0.1) is 6.10 Å². The molecule has 166 valence electrons. The van der Waals surface area contributed by atoms with Gasteiger partial charge in [-0.3, -0.25) is 0 Å². The van der Waals surface area contributed by atoms with Crippen LogP contribution in [0.1, 0.15) is 12.8 Å². The van der Waals surface area contributed by atoms with E-state index in [0.29, 0.717) is 0 Å². The zero-order valence-electron chi connectivity index (χ0n) is 12.9. The lowest BCUT2D eigenvalue weighted by Crippen LogP contribution is -2.70. The maximum Gasteiger partial charge on any atom is 0.460 e. The molecule has 0 radical (unpaired) electrons. The van der Waals surface area contributed by atoms with Gasteiger partial charge in [-0.15, -0.1) is 0 Å².